The standard InChI is InChI=1S/C27H26N2O4/c1-2-32-27(31)24-11-7-6-10-22(24)18-29-15-14-21-16-23(12-13-25(21)29)33-19-26(30)28-17-20-8-4-3-5-9-20/h3-16H,2,17-19H2,1H3,(H,28,30). The Bertz CT molecular complexity index is 1250. The largest absolute Gasteiger partial charge is 0.484 e. The Balaban J connectivity index is 1.40. The number of nitrogens with zero attached hydrogens (tertiary/aromatic N) is 1. The minimum absolute atomic E-state index is 0.0496. The van der Waals surface area contributed by atoms with Crippen LogP contribution in [0.1, 0.15) is 28.4 Å². The fourth-order valence-electron chi connectivity index (χ4n) is 3.65. The summed E-state index contributed by atoms with van der Waals surface area (Å²) in [4.78, 5) is 24.4. The number of nitrogens with one attached hydrogen (secondary N) is 1. The summed E-state index contributed by atoms with van der Waals surface area (Å²) in [6, 6.07) is 24.9. The molecule has 0 bridgehead atoms. The molecule has 0 unspecified atom stereocenters. The fourth-order valence-corrected chi connectivity index (χ4v) is 3.65. The van der Waals surface area contributed by atoms with Crippen molar-refractivity contribution >= 4 is 22.8 Å². The molecule has 4 rings (SSSR count). The predicted molar refractivity (Wildman–Crippen MR) is 127 cm³/mol. The van der Waals surface area contributed by atoms with Gasteiger partial charge in [-0.05, 0) is 48.4 Å². The van der Waals surface area contributed by atoms with Crippen molar-refractivity contribution in [1.29, 1.82) is 0 Å². The molecule has 0 spiro atoms. The van der Waals surface area contributed by atoms with Gasteiger partial charge in [0.15, 0.2) is 6.61 Å². The first kappa shape index (κ1) is 22.1. The topological polar surface area (TPSA) is 69.6 Å². The van der Waals surface area contributed by atoms with Gasteiger partial charge in [-0.15, -0.1) is 0 Å². The quantitative estimate of drug-likeness (QED) is 0.386. The van der Waals surface area contributed by atoms with Crippen molar-refractivity contribution in [3.8, 4) is 5.75 Å². The Labute approximate surface area is 192 Å². The van der Waals surface area contributed by atoms with Crippen LogP contribution in [0.3, 0.4) is 0 Å². The number of ether oxygens (including phenoxy) is 2. The van der Waals surface area contributed by atoms with Crippen LogP contribution in [0.15, 0.2) is 85.1 Å². The van der Waals surface area contributed by atoms with E-state index >= 15 is 0 Å². The van der Waals surface area contributed by atoms with Gasteiger partial charge in [-0.25, -0.2) is 4.79 Å². The molecule has 4 aromatic rings. The van der Waals surface area contributed by atoms with Crippen molar-refractivity contribution in [1.82, 2.24) is 9.88 Å². The Morgan fingerprint density at radius 2 is 1.73 bits per heavy atom. The maximum atomic E-state index is 12.3. The third-order valence-electron chi connectivity index (χ3n) is 5.30. The summed E-state index contributed by atoms with van der Waals surface area (Å²) in [6.07, 6.45) is 1.98. The highest BCUT2D eigenvalue weighted by molar-refractivity contribution is 5.91. The molecule has 1 amide bonds. The Hall–Kier alpha value is -4.06. The number of carbonyl (C=O) groups excluding carboxylic acids is 2. The number of hydrogen-bond acceptors (Lipinski definition) is 4. The van der Waals surface area contributed by atoms with Crippen LogP contribution in [0, 0.1) is 0 Å². The molecule has 6 nitrogen and oxygen atoms in total. The Morgan fingerprint density at radius 1 is 0.939 bits per heavy atom. The molecule has 0 aliphatic carbocycles. The first-order valence-corrected chi connectivity index (χ1v) is 10.9. The minimum atomic E-state index is -0.314. The van der Waals surface area contributed by atoms with E-state index in [1.165, 1.54) is 0 Å². The second-order valence-corrected chi connectivity index (χ2v) is 7.59. The molecule has 168 valence electrons. The van der Waals surface area contributed by atoms with Crippen molar-refractivity contribution in [2.24, 2.45) is 0 Å². The van der Waals surface area contributed by atoms with Gasteiger partial charge in [-0.2, -0.15) is 0 Å². The van der Waals surface area contributed by atoms with Crippen molar-refractivity contribution < 1.29 is 19.1 Å². The lowest BCUT2D eigenvalue weighted by Gasteiger charge is -2.11. The van der Waals surface area contributed by atoms with E-state index in [0.29, 0.717) is 31.0 Å². The maximum Gasteiger partial charge on any atom is 0.338 e. The van der Waals surface area contributed by atoms with E-state index in [1.54, 1.807) is 13.0 Å². The van der Waals surface area contributed by atoms with E-state index in [0.717, 1.165) is 22.0 Å². The SMILES string of the molecule is CCOC(=O)c1ccccc1Cn1ccc2cc(OCC(=O)NCc3ccccc3)ccc21. The van der Waals surface area contributed by atoms with Crippen molar-refractivity contribution in [2.75, 3.05) is 13.2 Å². The molecule has 1 heterocycles. The average molecular weight is 443 g/mol. The van der Waals surface area contributed by atoms with Crippen molar-refractivity contribution in [2.45, 2.75) is 20.0 Å². The van der Waals surface area contributed by atoms with Gasteiger partial charge in [0.05, 0.1) is 12.2 Å². The van der Waals surface area contributed by atoms with E-state index in [1.807, 2.05) is 79.0 Å². The fraction of sp³-hybridized carbons (Fsp3) is 0.185. The van der Waals surface area contributed by atoms with Gasteiger partial charge in [0.25, 0.3) is 5.91 Å². The van der Waals surface area contributed by atoms with Crippen LogP contribution in [-0.2, 0) is 22.6 Å². The van der Waals surface area contributed by atoms with Crippen LogP contribution in [-0.4, -0.2) is 29.7 Å². The molecule has 6 heteroatoms. The average Bonchev–Trinajstić information content (AvgIpc) is 3.24. The highest BCUT2D eigenvalue weighted by Crippen LogP contribution is 2.24. The summed E-state index contributed by atoms with van der Waals surface area (Å²) in [5.41, 5.74) is 3.51. The van der Waals surface area contributed by atoms with Gasteiger partial charge in [0.1, 0.15) is 5.75 Å². The smallest absolute Gasteiger partial charge is 0.338 e. The van der Waals surface area contributed by atoms with Gasteiger partial charge in [-0.3, -0.25) is 4.79 Å². The zero-order valence-electron chi connectivity index (χ0n) is 18.5. The van der Waals surface area contributed by atoms with E-state index in [2.05, 4.69) is 9.88 Å². The monoisotopic (exact) mass is 442 g/mol. The molecule has 0 atom stereocenters. The zero-order valence-corrected chi connectivity index (χ0v) is 18.5. The molecule has 1 aromatic heterocycles. The molecule has 0 saturated heterocycles. The molecular formula is C27H26N2O4. The normalized spacial score (nSPS) is 10.7. The summed E-state index contributed by atoms with van der Waals surface area (Å²) >= 11 is 0. The van der Waals surface area contributed by atoms with Gasteiger partial charge in [0, 0.05) is 30.2 Å². The maximum absolute atomic E-state index is 12.3. The first-order chi connectivity index (χ1) is 16.1. The highest BCUT2D eigenvalue weighted by Gasteiger charge is 2.13. The lowest BCUT2D eigenvalue weighted by molar-refractivity contribution is -0.123. The highest BCUT2D eigenvalue weighted by atomic mass is 16.5. The summed E-state index contributed by atoms with van der Waals surface area (Å²) < 4.78 is 12.9. The molecule has 0 fully saturated rings. The van der Waals surface area contributed by atoms with E-state index in [4.69, 9.17) is 9.47 Å². The third kappa shape index (κ3) is 5.60. The summed E-state index contributed by atoms with van der Waals surface area (Å²) in [7, 11) is 0. The number of aromatic nitrogens is 1. The van der Waals surface area contributed by atoms with Gasteiger partial charge in [0.2, 0.25) is 0 Å². The van der Waals surface area contributed by atoms with Crippen molar-refractivity contribution in [3.63, 3.8) is 0 Å². The minimum Gasteiger partial charge on any atom is -0.484 e. The number of rotatable bonds is 9. The number of esters is 1. The molecule has 0 aliphatic rings. The third-order valence-corrected chi connectivity index (χ3v) is 5.30. The predicted octanol–water partition coefficient (Wildman–Crippen LogP) is 4.56. The Kier molecular flexibility index (Phi) is 7.05. The van der Waals surface area contributed by atoms with E-state index in [9.17, 15) is 9.59 Å². The number of amides is 1. The zero-order chi connectivity index (χ0) is 23.0. The van der Waals surface area contributed by atoms with Crippen LogP contribution < -0.4 is 10.1 Å². The van der Waals surface area contributed by atoms with Crippen LogP contribution in [0.5, 0.6) is 5.75 Å². The lowest BCUT2D eigenvalue weighted by Crippen LogP contribution is -2.28. The molecule has 33 heavy (non-hydrogen) atoms. The van der Waals surface area contributed by atoms with E-state index in [-0.39, 0.29) is 18.5 Å². The first-order valence-electron chi connectivity index (χ1n) is 10.9. The number of carbonyl (C=O) groups is 2. The summed E-state index contributed by atoms with van der Waals surface area (Å²) in [5, 5.41) is 3.85. The molecule has 0 aliphatic heterocycles. The molecular weight excluding hydrogens is 416 g/mol. The van der Waals surface area contributed by atoms with Crippen LogP contribution >= 0.6 is 0 Å². The number of benzene rings is 3. The lowest BCUT2D eigenvalue weighted by atomic mass is 10.1. The van der Waals surface area contributed by atoms with Crippen LogP contribution in [0.4, 0.5) is 0 Å². The second kappa shape index (κ2) is 10.5. The molecule has 0 radical (unpaired) electrons. The molecule has 3 aromatic carbocycles. The summed E-state index contributed by atoms with van der Waals surface area (Å²) in [5.74, 6) is 0.139. The Morgan fingerprint density at radius 3 is 2.55 bits per heavy atom. The number of fused-ring (bicyclic) bond motifs is 1. The number of hydrogen-bond donors (Lipinski definition) is 1. The molecule has 1 N–H and O–H groups in total. The van der Waals surface area contributed by atoms with Crippen LogP contribution in [0.25, 0.3) is 10.9 Å². The van der Waals surface area contributed by atoms with Gasteiger partial charge in [-0.1, -0.05) is 48.5 Å². The van der Waals surface area contributed by atoms with Gasteiger partial charge < -0.3 is 19.4 Å². The second-order valence-electron chi connectivity index (χ2n) is 7.59. The van der Waals surface area contributed by atoms with Crippen LogP contribution in [0.2, 0.25) is 0 Å². The van der Waals surface area contributed by atoms with Crippen molar-refractivity contribution in [3.05, 3.63) is 102 Å². The summed E-state index contributed by atoms with van der Waals surface area (Å²) in [6.45, 7) is 3.10. The van der Waals surface area contributed by atoms with Gasteiger partial charge >= 0.3 is 5.97 Å². The van der Waals surface area contributed by atoms with E-state index < -0.39 is 0 Å². The molecule has 0 saturated carbocycles.